The summed E-state index contributed by atoms with van der Waals surface area (Å²) in [6.45, 7) is 3.81. The summed E-state index contributed by atoms with van der Waals surface area (Å²) < 4.78 is 7.10. The molecule has 1 aliphatic rings. The number of fused-ring (bicyclic) bond motifs is 1. The highest BCUT2D eigenvalue weighted by Crippen LogP contribution is 2.32. The first-order valence-electron chi connectivity index (χ1n) is 8.17. The number of anilines is 1. The van der Waals surface area contributed by atoms with E-state index in [2.05, 4.69) is 34.1 Å². The predicted octanol–water partition coefficient (Wildman–Crippen LogP) is 0.0383. The van der Waals surface area contributed by atoms with Gasteiger partial charge >= 0.3 is 0 Å². The van der Waals surface area contributed by atoms with Crippen molar-refractivity contribution in [1.82, 2.24) is 19.5 Å². The van der Waals surface area contributed by atoms with Crippen molar-refractivity contribution in [3.63, 3.8) is 0 Å². The number of imidazole rings is 1. The maximum absolute atomic E-state index is 10.2. The molecule has 132 valence electrons. The molecular weight excluding hydrogens is 314 g/mol. The Kier molecular flexibility index (Phi) is 4.95. The standard InChI is InChI=1S/C15H23N5O4/c1-3-8(4-2)19-13-10-14(17-6-16-13)20(7-18-10)15-12(23)11(22)9(5-21)24-15/h6-9,11-12,15,21-23H,3-5H2,1-2H3,(H,16,17,19)/t9-,11-,12-,15-/m1/s1. The molecule has 1 fully saturated rings. The molecule has 4 N–H and O–H groups in total. The zero-order valence-electron chi connectivity index (χ0n) is 13.7. The van der Waals surface area contributed by atoms with E-state index in [-0.39, 0.29) is 12.6 Å². The quantitative estimate of drug-likeness (QED) is 0.582. The minimum atomic E-state index is -1.18. The molecule has 0 spiro atoms. The van der Waals surface area contributed by atoms with Gasteiger partial charge in [0.05, 0.1) is 12.9 Å². The molecule has 2 aromatic rings. The molecule has 0 radical (unpaired) electrons. The van der Waals surface area contributed by atoms with Crippen LogP contribution in [-0.2, 0) is 4.74 Å². The van der Waals surface area contributed by atoms with Gasteiger partial charge in [-0.3, -0.25) is 4.57 Å². The molecule has 1 saturated heterocycles. The van der Waals surface area contributed by atoms with Crippen LogP contribution in [0.15, 0.2) is 12.7 Å². The van der Waals surface area contributed by atoms with E-state index in [4.69, 9.17) is 4.74 Å². The molecule has 0 amide bonds. The monoisotopic (exact) mass is 337 g/mol. The summed E-state index contributed by atoms with van der Waals surface area (Å²) in [7, 11) is 0. The van der Waals surface area contributed by atoms with E-state index in [0.717, 1.165) is 12.8 Å². The van der Waals surface area contributed by atoms with Crippen molar-refractivity contribution in [2.24, 2.45) is 0 Å². The summed E-state index contributed by atoms with van der Waals surface area (Å²) in [6.07, 6.45) is 0.787. The third kappa shape index (κ3) is 2.84. The fourth-order valence-electron chi connectivity index (χ4n) is 2.94. The molecule has 2 aromatic heterocycles. The van der Waals surface area contributed by atoms with Crippen LogP contribution in [0.2, 0.25) is 0 Å². The summed E-state index contributed by atoms with van der Waals surface area (Å²) in [5.74, 6) is 0.624. The molecule has 0 saturated carbocycles. The molecule has 3 rings (SSSR count). The van der Waals surface area contributed by atoms with E-state index >= 15 is 0 Å². The first kappa shape index (κ1) is 17.0. The highest BCUT2D eigenvalue weighted by Gasteiger charge is 2.44. The molecule has 3 heterocycles. The van der Waals surface area contributed by atoms with Crippen molar-refractivity contribution in [2.75, 3.05) is 11.9 Å². The highest BCUT2D eigenvalue weighted by atomic mass is 16.6. The molecule has 9 heteroatoms. The van der Waals surface area contributed by atoms with Crippen molar-refractivity contribution in [3.8, 4) is 0 Å². The first-order valence-corrected chi connectivity index (χ1v) is 8.17. The number of aliphatic hydroxyl groups is 3. The van der Waals surface area contributed by atoms with Crippen molar-refractivity contribution in [3.05, 3.63) is 12.7 Å². The van der Waals surface area contributed by atoms with Crippen molar-refractivity contribution in [1.29, 1.82) is 0 Å². The van der Waals surface area contributed by atoms with Gasteiger partial charge in [-0.1, -0.05) is 13.8 Å². The van der Waals surface area contributed by atoms with E-state index in [9.17, 15) is 15.3 Å². The maximum atomic E-state index is 10.2. The second-order valence-electron chi connectivity index (χ2n) is 5.93. The van der Waals surface area contributed by atoms with Crippen LogP contribution in [0.4, 0.5) is 5.82 Å². The number of hydrogen-bond donors (Lipinski definition) is 4. The number of rotatable bonds is 6. The van der Waals surface area contributed by atoms with Crippen LogP contribution < -0.4 is 5.32 Å². The first-order chi connectivity index (χ1) is 11.6. The van der Waals surface area contributed by atoms with Crippen molar-refractivity contribution < 1.29 is 20.1 Å². The molecule has 4 atom stereocenters. The SMILES string of the molecule is CCC(CC)Nc1ncnc2c1ncn2[C@@H]1O[C@H](CO)[C@@H](O)[C@H]1O. The van der Waals surface area contributed by atoms with Gasteiger partial charge in [-0.15, -0.1) is 0 Å². The predicted molar refractivity (Wildman–Crippen MR) is 86.3 cm³/mol. The van der Waals surface area contributed by atoms with Crippen LogP contribution in [0.1, 0.15) is 32.9 Å². The minimum Gasteiger partial charge on any atom is -0.394 e. The minimum absolute atomic E-state index is 0.280. The summed E-state index contributed by atoms with van der Waals surface area (Å²) in [4.78, 5) is 12.8. The summed E-state index contributed by atoms with van der Waals surface area (Å²) in [5.41, 5.74) is 1.07. The van der Waals surface area contributed by atoms with Gasteiger partial charge in [0.25, 0.3) is 0 Å². The number of hydrogen-bond acceptors (Lipinski definition) is 8. The Morgan fingerprint density at radius 2 is 1.96 bits per heavy atom. The third-order valence-electron chi connectivity index (χ3n) is 4.48. The summed E-state index contributed by atoms with van der Waals surface area (Å²) in [6, 6.07) is 0.280. The largest absolute Gasteiger partial charge is 0.394 e. The molecule has 24 heavy (non-hydrogen) atoms. The van der Waals surface area contributed by atoms with Crippen LogP contribution in [0.25, 0.3) is 11.2 Å². The van der Waals surface area contributed by atoms with E-state index in [1.54, 1.807) is 4.57 Å². The van der Waals surface area contributed by atoms with Gasteiger partial charge in [0.2, 0.25) is 0 Å². The Balaban J connectivity index is 1.94. The van der Waals surface area contributed by atoms with Gasteiger partial charge in [-0.25, -0.2) is 15.0 Å². The summed E-state index contributed by atoms with van der Waals surface area (Å²) in [5, 5.41) is 32.7. The average Bonchev–Trinajstić information content (AvgIpc) is 3.15. The van der Waals surface area contributed by atoms with E-state index in [1.807, 2.05) is 0 Å². The maximum Gasteiger partial charge on any atom is 0.167 e. The van der Waals surface area contributed by atoms with Crippen LogP contribution >= 0.6 is 0 Å². The second kappa shape index (κ2) is 6.98. The zero-order valence-corrected chi connectivity index (χ0v) is 13.7. The lowest BCUT2D eigenvalue weighted by molar-refractivity contribution is -0.0511. The topological polar surface area (TPSA) is 126 Å². The Bertz CT molecular complexity index is 690. The van der Waals surface area contributed by atoms with E-state index in [1.165, 1.54) is 12.7 Å². The number of ether oxygens (including phenoxy) is 1. The fraction of sp³-hybridized carbons (Fsp3) is 0.667. The zero-order chi connectivity index (χ0) is 17.3. The van der Waals surface area contributed by atoms with Gasteiger partial charge in [-0.2, -0.15) is 0 Å². The average molecular weight is 337 g/mol. The van der Waals surface area contributed by atoms with Crippen LogP contribution in [0.5, 0.6) is 0 Å². The van der Waals surface area contributed by atoms with Crippen molar-refractivity contribution >= 4 is 17.0 Å². The molecule has 0 unspecified atom stereocenters. The molecule has 0 aliphatic carbocycles. The lowest BCUT2D eigenvalue weighted by atomic mass is 10.1. The molecular formula is C15H23N5O4. The van der Waals surface area contributed by atoms with E-state index in [0.29, 0.717) is 17.0 Å². The fourth-order valence-corrected chi connectivity index (χ4v) is 2.94. The Morgan fingerprint density at radius 1 is 1.21 bits per heavy atom. The Labute approximate surface area is 139 Å². The lowest BCUT2D eigenvalue weighted by Gasteiger charge is -2.17. The van der Waals surface area contributed by atoms with E-state index < -0.39 is 24.5 Å². The van der Waals surface area contributed by atoms with Gasteiger partial charge in [0.1, 0.15) is 24.6 Å². The third-order valence-corrected chi connectivity index (χ3v) is 4.48. The van der Waals surface area contributed by atoms with Gasteiger partial charge in [-0.05, 0) is 12.8 Å². The molecule has 0 bridgehead atoms. The van der Waals surface area contributed by atoms with Crippen LogP contribution in [-0.4, -0.2) is 65.8 Å². The second-order valence-corrected chi connectivity index (χ2v) is 5.93. The lowest BCUT2D eigenvalue weighted by Crippen LogP contribution is -2.33. The molecule has 0 aromatic carbocycles. The smallest absolute Gasteiger partial charge is 0.167 e. The van der Waals surface area contributed by atoms with Crippen LogP contribution in [0, 0.1) is 0 Å². The van der Waals surface area contributed by atoms with Gasteiger partial charge in [0.15, 0.2) is 23.2 Å². The number of aromatic nitrogens is 4. The highest BCUT2D eigenvalue weighted by molar-refractivity contribution is 5.82. The van der Waals surface area contributed by atoms with Gasteiger partial charge < -0.3 is 25.4 Å². The van der Waals surface area contributed by atoms with Gasteiger partial charge in [0, 0.05) is 6.04 Å². The number of nitrogens with zero attached hydrogens (tertiary/aromatic N) is 4. The molecule has 9 nitrogen and oxygen atoms in total. The Morgan fingerprint density at radius 3 is 2.58 bits per heavy atom. The molecule has 1 aliphatic heterocycles. The van der Waals surface area contributed by atoms with Crippen molar-refractivity contribution in [2.45, 2.75) is 57.3 Å². The van der Waals surface area contributed by atoms with Crippen LogP contribution in [0.3, 0.4) is 0 Å². The Hall–Kier alpha value is -1.81. The normalized spacial score (nSPS) is 27.2. The summed E-state index contributed by atoms with van der Waals surface area (Å²) >= 11 is 0. The number of nitrogens with one attached hydrogen (secondary N) is 1. The number of aliphatic hydroxyl groups excluding tert-OH is 3.